The number of benzene rings is 3. The summed E-state index contributed by atoms with van der Waals surface area (Å²) < 4.78 is 0. The molecule has 0 aliphatic carbocycles. The van der Waals surface area contributed by atoms with E-state index in [9.17, 15) is 0 Å². The summed E-state index contributed by atoms with van der Waals surface area (Å²) in [6.45, 7) is 4.26. The average Bonchev–Trinajstić information content (AvgIpc) is 3.25. The van der Waals surface area contributed by atoms with Crippen molar-refractivity contribution in [1.82, 2.24) is 9.97 Å². The fourth-order valence-electron chi connectivity index (χ4n) is 3.64. The Balaban J connectivity index is 1.52. The second-order valence-corrected chi connectivity index (χ2v) is 7.12. The molecule has 0 atom stereocenters. The molecule has 2 heterocycles. The molecule has 0 unspecified atom stereocenters. The molecule has 0 saturated carbocycles. The molecule has 2 heteroatoms. The van der Waals surface area contributed by atoms with Gasteiger partial charge in [-0.1, -0.05) is 47.5 Å². The van der Waals surface area contributed by atoms with Gasteiger partial charge in [0.25, 0.3) is 0 Å². The van der Waals surface area contributed by atoms with Crippen LogP contribution in [0.25, 0.3) is 44.3 Å². The summed E-state index contributed by atoms with van der Waals surface area (Å²) in [6.07, 6.45) is 0. The zero-order chi connectivity index (χ0) is 17.7. The molecule has 0 saturated heterocycles. The van der Waals surface area contributed by atoms with Gasteiger partial charge in [0.2, 0.25) is 0 Å². The molecule has 0 bridgehead atoms. The number of hydrogen-bond acceptors (Lipinski definition) is 0. The fourth-order valence-corrected chi connectivity index (χ4v) is 3.64. The summed E-state index contributed by atoms with van der Waals surface area (Å²) in [5.74, 6) is 0. The summed E-state index contributed by atoms with van der Waals surface area (Å²) in [4.78, 5) is 7.04. The highest BCUT2D eigenvalue weighted by Gasteiger charge is 2.06. The molecule has 2 nitrogen and oxygen atoms in total. The maximum atomic E-state index is 3.52. The highest BCUT2D eigenvalue weighted by atomic mass is 14.7. The lowest BCUT2D eigenvalue weighted by atomic mass is 10.1. The lowest BCUT2D eigenvalue weighted by Gasteiger charge is -2.01. The van der Waals surface area contributed by atoms with E-state index in [2.05, 4.69) is 96.6 Å². The first kappa shape index (κ1) is 15.0. The van der Waals surface area contributed by atoms with Crippen molar-refractivity contribution in [2.75, 3.05) is 0 Å². The minimum atomic E-state index is 1.16. The van der Waals surface area contributed by atoms with Gasteiger partial charge in [-0.2, -0.15) is 0 Å². The van der Waals surface area contributed by atoms with Gasteiger partial charge in [0.1, 0.15) is 0 Å². The number of H-pyrrole nitrogens is 2. The van der Waals surface area contributed by atoms with E-state index in [-0.39, 0.29) is 0 Å². The van der Waals surface area contributed by atoms with Crippen molar-refractivity contribution in [3.8, 4) is 22.5 Å². The van der Waals surface area contributed by atoms with Crippen molar-refractivity contribution >= 4 is 21.8 Å². The minimum absolute atomic E-state index is 1.16. The van der Waals surface area contributed by atoms with Crippen molar-refractivity contribution in [3.63, 3.8) is 0 Å². The Morgan fingerprint density at radius 2 is 0.923 bits per heavy atom. The Morgan fingerprint density at radius 3 is 1.35 bits per heavy atom. The topological polar surface area (TPSA) is 31.6 Å². The molecule has 2 N–H and O–H groups in total. The van der Waals surface area contributed by atoms with Crippen LogP contribution < -0.4 is 0 Å². The normalized spacial score (nSPS) is 11.5. The third-order valence-electron chi connectivity index (χ3n) is 5.06. The van der Waals surface area contributed by atoms with Crippen molar-refractivity contribution in [1.29, 1.82) is 0 Å². The maximum Gasteiger partial charge on any atom is 0.0464 e. The minimum Gasteiger partial charge on any atom is -0.355 e. The molecule has 5 rings (SSSR count). The Labute approximate surface area is 152 Å². The van der Waals surface area contributed by atoms with Crippen LogP contribution in [0, 0.1) is 13.8 Å². The number of fused-ring (bicyclic) bond motifs is 2. The van der Waals surface area contributed by atoms with Gasteiger partial charge in [0.15, 0.2) is 0 Å². The molecule has 0 amide bonds. The number of aromatic amines is 2. The van der Waals surface area contributed by atoms with E-state index in [4.69, 9.17) is 0 Å². The Kier molecular flexibility index (Phi) is 3.26. The quantitative estimate of drug-likeness (QED) is 0.364. The van der Waals surface area contributed by atoms with Crippen LogP contribution in [0.5, 0.6) is 0 Å². The van der Waals surface area contributed by atoms with Gasteiger partial charge in [-0.3, -0.25) is 0 Å². The Bertz CT molecular complexity index is 1140. The predicted octanol–water partition coefficient (Wildman–Crippen LogP) is 6.60. The maximum absolute atomic E-state index is 3.52. The van der Waals surface area contributed by atoms with Crippen LogP contribution in [-0.2, 0) is 0 Å². The summed E-state index contributed by atoms with van der Waals surface area (Å²) in [7, 11) is 0. The molecule has 0 spiro atoms. The van der Waals surface area contributed by atoms with E-state index in [0.29, 0.717) is 0 Å². The van der Waals surface area contributed by atoms with E-state index >= 15 is 0 Å². The van der Waals surface area contributed by atoms with Gasteiger partial charge in [-0.05, 0) is 61.4 Å². The molecule has 3 aromatic carbocycles. The Hall–Kier alpha value is -3.26. The van der Waals surface area contributed by atoms with E-state index in [1.165, 1.54) is 44.1 Å². The predicted molar refractivity (Wildman–Crippen MR) is 111 cm³/mol. The summed E-state index contributed by atoms with van der Waals surface area (Å²) in [6, 6.07) is 26.2. The molecule has 5 aromatic rings. The molecule has 0 fully saturated rings. The third kappa shape index (κ3) is 2.51. The fraction of sp³-hybridized carbons (Fsp3) is 0.0833. The number of nitrogens with one attached hydrogen (secondary N) is 2. The summed E-state index contributed by atoms with van der Waals surface area (Å²) in [5.41, 5.74) is 9.65. The monoisotopic (exact) mass is 336 g/mol. The first-order valence-corrected chi connectivity index (χ1v) is 8.95. The van der Waals surface area contributed by atoms with Crippen LogP contribution in [0.1, 0.15) is 11.1 Å². The molecule has 2 aromatic heterocycles. The number of hydrogen-bond donors (Lipinski definition) is 2. The lowest BCUT2D eigenvalue weighted by molar-refractivity contribution is 1.42. The van der Waals surface area contributed by atoms with Crippen LogP contribution in [0.4, 0.5) is 0 Å². The van der Waals surface area contributed by atoms with Crippen LogP contribution >= 0.6 is 0 Å². The second kappa shape index (κ2) is 5.63. The van der Waals surface area contributed by atoms with Gasteiger partial charge in [-0.25, -0.2) is 0 Å². The first-order chi connectivity index (χ1) is 12.7. The Morgan fingerprint density at radius 1 is 0.500 bits per heavy atom. The largest absolute Gasteiger partial charge is 0.355 e. The van der Waals surface area contributed by atoms with Crippen molar-refractivity contribution in [2.24, 2.45) is 0 Å². The van der Waals surface area contributed by atoms with Crippen LogP contribution in [0.3, 0.4) is 0 Å². The van der Waals surface area contributed by atoms with Gasteiger partial charge in [0.05, 0.1) is 0 Å². The number of rotatable bonds is 2. The standard InChI is InChI=1S/C24H20N2/c1-15-3-9-21-19(11-15)13-23(25-21)17-5-7-18(8-6-17)24-14-20-12-16(2)4-10-22(20)26-24/h3-14,25-26H,1-2H3. The molecule has 0 radical (unpaired) electrons. The van der Waals surface area contributed by atoms with E-state index in [1.54, 1.807) is 0 Å². The van der Waals surface area contributed by atoms with Crippen LogP contribution in [0.2, 0.25) is 0 Å². The number of aryl methyl sites for hydroxylation is 2. The molecular formula is C24H20N2. The summed E-state index contributed by atoms with van der Waals surface area (Å²) >= 11 is 0. The SMILES string of the molecule is Cc1ccc2[nH]c(-c3ccc(-c4cc5cc(C)ccc5[nH]4)cc3)cc2c1. The van der Waals surface area contributed by atoms with Gasteiger partial charge >= 0.3 is 0 Å². The highest BCUT2D eigenvalue weighted by Crippen LogP contribution is 2.29. The molecule has 126 valence electrons. The van der Waals surface area contributed by atoms with Crippen molar-refractivity contribution < 1.29 is 0 Å². The highest BCUT2D eigenvalue weighted by molar-refractivity contribution is 5.88. The van der Waals surface area contributed by atoms with Gasteiger partial charge < -0.3 is 9.97 Å². The molecular weight excluding hydrogens is 316 g/mol. The second-order valence-electron chi connectivity index (χ2n) is 7.12. The lowest BCUT2D eigenvalue weighted by Crippen LogP contribution is -1.80. The van der Waals surface area contributed by atoms with Gasteiger partial charge in [-0.15, -0.1) is 0 Å². The third-order valence-corrected chi connectivity index (χ3v) is 5.06. The van der Waals surface area contributed by atoms with Crippen molar-refractivity contribution in [3.05, 3.63) is 83.9 Å². The van der Waals surface area contributed by atoms with Crippen LogP contribution in [-0.4, -0.2) is 9.97 Å². The molecule has 26 heavy (non-hydrogen) atoms. The van der Waals surface area contributed by atoms with E-state index < -0.39 is 0 Å². The average molecular weight is 336 g/mol. The zero-order valence-corrected chi connectivity index (χ0v) is 14.9. The number of aromatic nitrogens is 2. The van der Waals surface area contributed by atoms with Crippen molar-refractivity contribution in [2.45, 2.75) is 13.8 Å². The van der Waals surface area contributed by atoms with E-state index in [1.807, 2.05) is 0 Å². The smallest absolute Gasteiger partial charge is 0.0464 e. The molecule has 0 aliphatic rings. The van der Waals surface area contributed by atoms with E-state index in [0.717, 1.165) is 11.4 Å². The first-order valence-electron chi connectivity index (χ1n) is 8.95. The zero-order valence-electron chi connectivity index (χ0n) is 14.9. The van der Waals surface area contributed by atoms with Crippen LogP contribution in [0.15, 0.2) is 72.8 Å². The molecule has 0 aliphatic heterocycles. The summed E-state index contributed by atoms with van der Waals surface area (Å²) in [5, 5.41) is 2.52. The van der Waals surface area contributed by atoms with Gasteiger partial charge in [0, 0.05) is 33.2 Å².